The highest BCUT2D eigenvalue weighted by Gasteiger charge is 2.20. The molecule has 0 aliphatic carbocycles. The van der Waals surface area contributed by atoms with Crippen LogP contribution in [0.5, 0.6) is 0 Å². The van der Waals surface area contributed by atoms with Crippen molar-refractivity contribution in [2.24, 2.45) is 0 Å². The zero-order valence-corrected chi connectivity index (χ0v) is 11.8. The number of hydrogen-bond donors (Lipinski definition) is 2. The van der Waals surface area contributed by atoms with Gasteiger partial charge in [0.25, 0.3) is 0 Å². The van der Waals surface area contributed by atoms with E-state index in [4.69, 9.17) is 10.8 Å². The number of nitrogens with two attached hydrogens (primary N) is 1. The molecular formula is C15H24N2O2. The highest BCUT2D eigenvalue weighted by Crippen LogP contribution is 2.12. The molecule has 4 heteroatoms. The molecule has 0 fully saturated rings. The first-order valence-corrected chi connectivity index (χ1v) is 6.87. The van der Waals surface area contributed by atoms with Gasteiger partial charge in [-0.3, -0.25) is 4.79 Å². The Balaban J connectivity index is 2.73. The van der Waals surface area contributed by atoms with Crippen molar-refractivity contribution < 1.29 is 9.90 Å². The predicted molar refractivity (Wildman–Crippen MR) is 77.7 cm³/mol. The Bertz CT molecular complexity index is 386. The lowest BCUT2D eigenvalue weighted by Crippen LogP contribution is -2.42. The lowest BCUT2D eigenvalue weighted by atomic mass is 10.1. The molecule has 1 aromatic rings. The van der Waals surface area contributed by atoms with Crippen molar-refractivity contribution in [2.75, 3.05) is 18.9 Å². The van der Waals surface area contributed by atoms with Gasteiger partial charge in [0.05, 0.1) is 13.0 Å². The van der Waals surface area contributed by atoms with Gasteiger partial charge in [-0.1, -0.05) is 26.0 Å². The van der Waals surface area contributed by atoms with Crippen molar-refractivity contribution in [3.05, 3.63) is 29.8 Å². The van der Waals surface area contributed by atoms with Crippen molar-refractivity contribution in [1.29, 1.82) is 0 Å². The summed E-state index contributed by atoms with van der Waals surface area (Å²) in [7, 11) is 0. The smallest absolute Gasteiger partial charge is 0.227 e. The zero-order chi connectivity index (χ0) is 14.3. The molecule has 0 saturated heterocycles. The Kier molecular flexibility index (Phi) is 6.36. The molecule has 0 aliphatic rings. The highest BCUT2D eigenvalue weighted by molar-refractivity contribution is 5.79. The van der Waals surface area contributed by atoms with Crippen LogP contribution in [0.2, 0.25) is 0 Å². The summed E-state index contributed by atoms with van der Waals surface area (Å²) in [5.74, 6) is 0.0625. The van der Waals surface area contributed by atoms with Crippen LogP contribution in [0, 0.1) is 0 Å². The number of rotatable bonds is 7. The second-order valence-electron chi connectivity index (χ2n) is 4.70. The maximum absolute atomic E-state index is 12.3. The fourth-order valence-corrected chi connectivity index (χ4v) is 2.26. The highest BCUT2D eigenvalue weighted by atomic mass is 16.3. The third-order valence-electron chi connectivity index (χ3n) is 3.38. The van der Waals surface area contributed by atoms with E-state index in [-0.39, 0.29) is 18.6 Å². The van der Waals surface area contributed by atoms with Crippen LogP contribution in [0.25, 0.3) is 0 Å². The first kappa shape index (κ1) is 15.5. The number of nitrogens with zero attached hydrogens (tertiary/aromatic N) is 1. The minimum Gasteiger partial charge on any atom is -0.399 e. The summed E-state index contributed by atoms with van der Waals surface area (Å²) in [6, 6.07) is 7.55. The minimum atomic E-state index is 0.00395. The molecule has 0 saturated carbocycles. The van der Waals surface area contributed by atoms with Crippen LogP contribution < -0.4 is 5.73 Å². The topological polar surface area (TPSA) is 66.6 Å². The summed E-state index contributed by atoms with van der Waals surface area (Å²) < 4.78 is 0. The lowest BCUT2D eigenvalue weighted by Gasteiger charge is -2.30. The number of carbonyl (C=O) groups excluding carboxylic acids is 1. The number of nitrogen functional groups attached to an aromatic ring is 1. The van der Waals surface area contributed by atoms with Gasteiger partial charge in [0.1, 0.15) is 0 Å². The van der Waals surface area contributed by atoms with Gasteiger partial charge in [-0.15, -0.1) is 0 Å². The lowest BCUT2D eigenvalue weighted by molar-refractivity contribution is -0.133. The van der Waals surface area contributed by atoms with Gasteiger partial charge >= 0.3 is 0 Å². The SMILES string of the molecule is CCC(CC)N(CCO)C(=O)Cc1ccc(N)cc1. The second kappa shape index (κ2) is 7.79. The first-order valence-electron chi connectivity index (χ1n) is 6.87. The largest absolute Gasteiger partial charge is 0.399 e. The Labute approximate surface area is 115 Å². The summed E-state index contributed by atoms with van der Waals surface area (Å²) in [4.78, 5) is 14.1. The van der Waals surface area contributed by atoms with Crippen LogP contribution in [-0.2, 0) is 11.2 Å². The molecule has 106 valence electrons. The van der Waals surface area contributed by atoms with E-state index in [1.165, 1.54) is 0 Å². The third-order valence-corrected chi connectivity index (χ3v) is 3.38. The van der Waals surface area contributed by atoms with Gasteiger partial charge in [0, 0.05) is 18.3 Å². The van der Waals surface area contributed by atoms with Gasteiger partial charge in [-0.2, -0.15) is 0 Å². The summed E-state index contributed by atoms with van der Waals surface area (Å²) in [6.07, 6.45) is 2.17. The Hall–Kier alpha value is -1.55. The van der Waals surface area contributed by atoms with Crippen LogP contribution >= 0.6 is 0 Å². The van der Waals surface area contributed by atoms with Crippen molar-refractivity contribution >= 4 is 11.6 Å². The molecule has 0 heterocycles. The van der Waals surface area contributed by atoms with E-state index in [2.05, 4.69) is 13.8 Å². The molecule has 0 aromatic heterocycles. The average Bonchev–Trinajstić information content (AvgIpc) is 2.41. The van der Waals surface area contributed by atoms with Gasteiger partial charge < -0.3 is 15.7 Å². The molecule has 0 atom stereocenters. The number of amides is 1. The van der Waals surface area contributed by atoms with Crippen LogP contribution in [-0.4, -0.2) is 35.1 Å². The Morgan fingerprint density at radius 2 is 1.84 bits per heavy atom. The fourth-order valence-electron chi connectivity index (χ4n) is 2.26. The normalized spacial score (nSPS) is 10.7. The number of benzene rings is 1. The van der Waals surface area contributed by atoms with Crippen molar-refractivity contribution in [2.45, 2.75) is 39.2 Å². The van der Waals surface area contributed by atoms with E-state index >= 15 is 0 Å². The monoisotopic (exact) mass is 264 g/mol. The molecule has 1 amide bonds. The maximum Gasteiger partial charge on any atom is 0.227 e. The second-order valence-corrected chi connectivity index (χ2v) is 4.70. The van der Waals surface area contributed by atoms with Crippen LogP contribution in [0.1, 0.15) is 32.3 Å². The molecule has 1 rings (SSSR count). The molecule has 4 nitrogen and oxygen atoms in total. The average molecular weight is 264 g/mol. The fraction of sp³-hybridized carbons (Fsp3) is 0.533. The molecule has 0 unspecified atom stereocenters. The van der Waals surface area contributed by atoms with E-state index in [9.17, 15) is 4.79 Å². The van der Waals surface area contributed by atoms with E-state index in [0.29, 0.717) is 18.7 Å². The summed E-state index contributed by atoms with van der Waals surface area (Å²) in [6.45, 7) is 4.54. The van der Waals surface area contributed by atoms with E-state index in [0.717, 1.165) is 18.4 Å². The minimum absolute atomic E-state index is 0.00395. The summed E-state index contributed by atoms with van der Waals surface area (Å²) >= 11 is 0. The zero-order valence-electron chi connectivity index (χ0n) is 11.8. The molecule has 0 aliphatic heterocycles. The molecule has 0 bridgehead atoms. The standard InChI is InChI=1S/C15H24N2O2/c1-3-14(4-2)17(9-10-18)15(19)11-12-5-7-13(16)8-6-12/h5-8,14,18H,3-4,9-11,16H2,1-2H3. The van der Waals surface area contributed by atoms with Gasteiger partial charge in [0.15, 0.2) is 0 Å². The van der Waals surface area contributed by atoms with E-state index < -0.39 is 0 Å². The number of carbonyl (C=O) groups is 1. The number of hydrogen-bond acceptors (Lipinski definition) is 3. The predicted octanol–water partition coefficient (Wildman–Crippen LogP) is 1.82. The summed E-state index contributed by atoms with van der Waals surface area (Å²) in [5, 5.41) is 9.12. The van der Waals surface area contributed by atoms with E-state index in [1.807, 2.05) is 12.1 Å². The van der Waals surface area contributed by atoms with Crippen LogP contribution in [0.4, 0.5) is 5.69 Å². The molecule has 3 N–H and O–H groups in total. The van der Waals surface area contributed by atoms with Crippen LogP contribution in [0.3, 0.4) is 0 Å². The number of anilines is 1. The van der Waals surface area contributed by atoms with Gasteiger partial charge in [-0.25, -0.2) is 0 Å². The van der Waals surface area contributed by atoms with Crippen molar-refractivity contribution in [3.8, 4) is 0 Å². The van der Waals surface area contributed by atoms with Crippen molar-refractivity contribution in [3.63, 3.8) is 0 Å². The first-order chi connectivity index (χ1) is 9.12. The molecule has 0 radical (unpaired) electrons. The van der Waals surface area contributed by atoms with Gasteiger partial charge in [-0.05, 0) is 30.5 Å². The molecular weight excluding hydrogens is 240 g/mol. The quantitative estimate of drug-likeness (QED) is 0.738. The number of aliphatic hydroxyl groups excluding tert-OH is 1. The summed E-state index contributed by atoms with van der Waals surface area (Å²) in [5.41, 5.74) is 7.28. The van der Waals surface area contributed by atoms with E-state index in [1.54, 1.807) is 17.0 Å². The molecule has 19 heavy (non-hydrogen) atoms. The molecule has 1 aromatic carbocycles. The van der Waals surface area contributed by atoms with Crippen LogP contribution in [0.15, 0.2) is 24.3 Å². The molecule has 0 spiro atoms. The third kappa shape index (κ3) is 4.56. The van der Waals surface area contributed by atoms with Gasteiger partial charge in [0.2, 0.25) is 5.91 Å². The maximum atomic E-state index is 12.3. The Morgan fingerprint density at radius 1 is 1.26 bits per heavy atom. The van der Waals surface area contributed by atoms with Crippen molar-refractivity contribution in [1.82, 2.24) is 4.90 Å². The number of aliphatic hydroxyl groups is 1. The Morgan fingerprint density at radius 3 is 2.32 bits per heavy atom.